The van der Waals surface area contributed by atoms with Gasteiger partial charge in [0.1, 0.15) is 12.6 Å². The molecule has 96 valence electrons. The van der Waals surface area contributed by atoms with Gasteiger partial charge in [-0.3, -0.25) is 4.79 Å². The number of hydrogen-bond donors (Lipinski definition) is 1. The van der Waals surface area contributed by atoms with Gasteiger partial charge in [0.2, 0.25) is 0 Å². The molecule has 0 aliphatic rings. The van der Waals surface area contributed by atoms with Gasteiger partial charge in [0.05, 0.1) is 0 Å². The average Bonchev–Trinajstić information content (AvgIpc) is 2.26. The maximum atomic E-state index is 11.5. The summed E-state index contributed by atoms with van der Waals surface area (Å²) in [5.41, 5.74) is 6.69. The van der Waals surface area contributed by atoms with Crippen LogP contribution >= 0.6 is 12.4 Å². The zero-order valence-electron chi connectivity index (χ0n) is 10.3. The van der Waals surface area contributed by atoms with Gasteiger partial charge in [0.25, 0.3) is 0 Å². The third-order valence-electron chi connectivity index (χ3n) is 2.25. The maximum Gasteiger partial charge on any atom is 0.323 e. The first-order valence-electron chi connectivity index (χ1n) is 5.55. The molecular formula is C13H20ClNO2. The smallest absolute Gasteiger partial charge is 0.323 e. The fraction of sp³-hybridized carbons (Fsp3) is 0.462. The Labute approximate surface area is 109 Å². The van der Waals surface area contributed by atoms with Crippen LogP contribution in [-0.2, 0) is 16.1 Å². The number of benzene rings is 1. The summed E-state index contributed by atoms with van der Waals surface area (Å²) >= 11 is 0. The predicted molar refractivity (Wildman–Crippen MR) is 70.9 cm³/mol. The normalized spacial score (nSPS) is 11.8. The Morgan fingerprint density at radius 1 is 1.29 bits per heavy atom. The van der Waals surface area contributed by atoms with Gasteiger partial charge in [-0.25, -0.2) is 0 Å². The van der Waals surface area contributed by atoms with E-state index in [1.165, 1.54) is 0 Å². The van der Waals surface area contributed by atoms with Crippen LogP contribution < -0.4 is 5.73 Å². The number of ether oxygens (including phenoxy) is 1. The molecule has 1 atom stereocenters. The molecule has 0 aliphatic heterocycles. The van der Waals surface area contributed by atoms with Gasteiger partial charge < -0.3 is 10.5 Å². The van der Waals surface area contributed by atoms with E-state index in [0.717, 1.165) is 5.56 Å². The van der Waals surface area contributed by atoms with E-state index < -0.39 is 6.04 Å². The number of rotatable bonds is 5. The molecule has 0 radical (unpaired) electrons. The highest BCUT2D eigenvalue weighted by molar-refractivity contribution is 5.85. The molecule has 1 unspecified atom stereocenters. The summed E-state index contributed by atoms with van der Waals surface area (Å²) in [5, 5.41) is 0. The number of hydrogen-bond acceptors (Lipinski definition) is 3. The highest BCUT2D eigenvalue weighted by Gasteiger charge is 2.16. The summed E-state index contributed by atoms with van der Waals surface area (Å²) < 4.78 is 5.13. The minimum absolute atomic E-state index is 0. The Morgan fingerprint density at radius 2 is 1.88 bits per heavy atom. The molecule has 1 rings (SSSR count). The van der Waals surface area contributed by atoms with Crippen LogP contribution in [0.3, 0.4) is 0 Å². The van der Waals surface area contributed by atoms with Gasteiger partial charge in [-0.1, -0.05) is 44.2 Å². The van der Waals surface area contributed by atoms with E-state index in [4.69, 9.17) is 10.5 Å². The molecule has 17 heavy (non-hydrogen) atoms. The Bertz CT molecular complexity index is 327. The summed E-state index contributed by atoms with van der Waals surface area (Å²) in [5.74, 6) is 0.0804. The lowest BCUT2D eigenvalue weighted by atomic mass is 10.1. The number of nitrogens with two attached hydrogens (primary N) is 1. The number of carbonyl (C=O) groups excluding carboxylic acids is 1. The molecule has 0 spiro atoms. The van der Waals surface area contributed by atoms with Crippen molar-refractivity contribution in [1.29, 1.82) is 0 Å². The van der Waals surface area contributed by atoms with Crippen molar-refractivity contribution in [3.05, 3.63) is 35.9 Å². The molecule has 2 N–H and O–H groups in total. The Balaban J connectivity index is 0.00000256. The molecule has 0 aliphatic carbocycles. The number of esters is 1. The molecule has 1 aromatic carbocycles. The lowest BCUT2D eigenvalue weighted by Crippen LogP contribution is -2.33. The van der Waals surface area contributed by atoms with Gasteiger partial charge in [0, 0.05) is 0 Å². The predicted octanol–water partition coefficient (Wildman–Crippen LogP) is 2.53. The Kier molecular flexibility index (Phi) is 7.59. The summed E-state index contributed by atoms with van der Waals surface area (Å²) in [6.45, 7) is 4.36. The van der Waals surface area contributed by atoms with Crippen molar-refractivity contribution in [2.24, 2.45) is 11.7 Å². The van der Waals surface area contributed by atoms with Crippen molar-refractivity contribution in [1.82, 2.24) is 0 Å². The molecule has 4 heteroatoms. The third kappa shape index (κ3) is 6.29. The zero-order chi connectivity index (χ0) is 12.0. The zero-order valence-corrected chi connectivity index (χ0v) is 11.1. The third-order valence-corrected chi connectivity index (χ3v) is 2.25. The molecule has 0 aromatic heterocycles. The second kappa shape index (κ2) is 8.09. The molecule has 0 bridgehead atoms. The summed E-state index contributed by atoms with van der Waals surface area (Å²) in [6, 6.07) is 9.08. The van der Waals surface area contributed by atoms with Gasteiger partial charge in [0.15, 0.2) is 0 Å². The number of carbonyl (C=O) groups is 1. The van der Waals surface area contributed by atoms with Crippen LogP contribution in [0.15, 0.2) is 30.3 Å². The minimum atomic E-state index is -0.510. The summed E-state index contributed by atoms with van der Waals surface area (Å²) in [6.07, 6.45) is 0.660. The molecule has 0 saturated heterocycles. The fourth-order valence-corrected chi connectivity index (χ4v) is 1.44. The molecule has 0 fully saturated rings. The van der Waals surface area contributed by atoms with E-state index in [9.17, 15) is 4.79 Å². The fourth-order valence-electron chi connectivity index (χ4n) is 1.44. The SMILES string of the molecule is CC(C)CC(N)C(=O)OCc1ccccc1.Cl. The highest BCUT2D eigenvalue weighted by atomic mass is 35.5. The lowest BCUT2D eigenvalue weighted by Gasteiger charge is -2.13. The lowest BCUT2D eigenvalue weighted by molar-refractivity contribution is -0.146. The summed E-state index contributed by atoms with van der Waals surface area (Å²) in [4.78, 5) is 11.5. The topological polar surface area (TPSA) is 52.3 Å². The highest BCUT2D eigenvalue weighted by Crippen LogP contribution is 2.06. The largest absolute Gasteiger partial charge is 0.460 e. The van der Waals surface area contributed by atoms with E-state index >= 15 is 0 Å². The van der Waals surface area contributed by atoms with Crippen LogP contribution in [0.2, 0.25) is 0 Å². The first-order valence-corrected chi connectivity index (χ1v) is 5.55. The Hall–Kier alpha value is -1.06. The van der Waals surface area contributed by atoms with E-state index in [-0.39, 0.29) is 18.4 Å². The van der Waals surface area contributed by atoms with Crippen LogP contribution in [0.1, 0.15) is 25.8 Å². The first-order chi connectivity index (χ1) is 7.59. The van der Waals surface area contributed by atoms with Crippen molar-refractivity contribution in [3.8, 4) is 0 Å². The molecule has 0 amide bonds. The average molecular weight is 258 g/mol. The van der Waals surface area contributed by atoms with E-state index in [1.54, 1.807) is 0 Å². The first kappa shape index (κ1) is 15.9. The van der Waals surface area contributed by atoms with Crippen molar-refractivity contribution in [3.63, 3.8) is 0 Å². The van der Waals surface area contributed by atoms with E-state index in [2.05, 4.69) is 0 Å². The van der Waals surface area contributed by atoms with Crippen LogP contribution in [0.5, 0.6) is 0 Å². The van der Waals surface area contributed by atoms with Gasteiger partial charge in [-0.2, -0.15) is 0 Å². The van der Waals surface area contributed by atoms with Crippen molar-refractivity contribution < 1.29 is 9.53 Å². The van der Waals surface area contributed by atoms with Crippen molar-refractivity contribution in [2.75, 3.05) is 0 Å². The van der Waals surface area contributed by atoms with Crippen molar-refractivity contribution in [2.45, 2.75) is 32.9 Å². The molecule has 1 aromatic rings. The molecule has 0 heterocycles. The summed E-state index contributed by atoms with van der Waals surface area (Å²) in [7, 11) is 0. The molecule has 3 nitrogen and oxygen atoms in total. The molecular weight excluding hydrogens is 238 g/mol. The van der Waals surface area contributed by atoms with Crippen LogP contribution in [0, 0.1) is 5.92 Å². The second-order valence-corrected chi connectivity index (χ2v) is 4.33. The van der Waals surface area contributed by atoms with Crippen molar-refractivity contribution >= 4 is 18.4 Å². The maximum absolute atomic E-state index is 11.5. The van der Waals surface area contributed by atoms with Crippen LogP contribution in [0.4, 0.5) is 0 Å². The van der Waals surface area contributed by atoms with Crippen LogP contribution in [-0.4, -0.2) is 12.0 Å². The van der Waals surface area contributed by atoms with Gasteiger partial charge >= 0.3 is 5.97 Å². The van der Waals surface area contributed by atoms with E-state index in [1.807, 2.05) is 44.2 Å². The second-order valence-electron chi connectivity index (χ2n) is 4.33. The van der Waals surface area contributed by atoms with Crippen LogP contribution in [0.25, 0.3) is 0 Å². The van der Waals surface area contributed by atoms with Gasteiger partial charge in [-0.05, 0) is 17.9 Å². The minimum Gasteiger partial charge on any atom is -0.460 e. The quantitative estimate of drug-likeness (QED) is 0.825. The van der Waals surface area contributed by atoms with E-state index in [0.29, 0.717) is 18.9 Å². The van der Waals surface area contributed by atoms with Gasteiger partial charge in [-0.15, -0.1) is 12.4 Å². The standard InChI is InChI=1S/C13H19NO2.ClH/c1-10(2)8-12(14)13(15)16-9-11-6-4-3-5-7-11;/h3-7,10,12H,8-9,14H2,1-2H3;1H. The molecule has 0 saturated carbocycles. The monoisotopic (exact) mass is 257 g/mol. The Morgan fingerprint density at radius 3 is 2.41 bits per heavy atom. The number of halogens is 1.